The van der Waals surface area contributed by atoms with E-state index in [1.807, 2.05) is 0 Å². The number of ether oxygens (including phenoxy) is 3. The van der Waals surface area contributed by atoms with Gasteiger partial charge in [0.2, 0.25) is 0 Å². The highest BCUT2D eigenvalue weighted by molar-refractivity contribution is 5.71. The van der Waals surface area contributed by atoms with Gasteiger partial charge >= 0.3 is 17.9 Å². The van der Waals surface area contributed by atoms with E-state index in [1.165, 1.54) is 70.6 Å². The first-order valence-electron chi connectivity index (χ1n) is 27.9. The lowest BCUT2D eigenvalue weighted by atomic mass is 10.0. The Balaban J connectivity index is 4.47. The van der Waals surface area contributed by atoms with Crippen LogP contribution in [-0.2, 0) is 28.6 Å². The standard InChI is InChI=1S/C62H102O6/c1-4-7-10-13-16-19-22-25-28-29-30-31-32-33-35-37-40-43-46-49-52-55-61(64)67-58-59(57-66-60(63)54-51-48-45-42-39-36-27-24-21-18-15-12-9-6-3)68-62(65)56-53-50-47-44-41-38-34-26-23-20-17-14-11-8-5-2/h7-8,10-11,16-17,19-20,25-26,28,30-31,33-35,41,44,59H,4-6,9,12-15,18,21-24,27,29,32,36-40,42-43,45-58H2,1-3H3/b10-7-,11-8-,19-16-,20-17-,28-25-,31-30-,34-26-,35-33-,44-41-. The van der Waals surface area contributed by atoms with Crippen LogP contribution in [0.5, 0.6) is 0 Å². The fourth-order valence-electron chi connectivity index (χ4n) is 7.40. The zero-order valence-electron chi connectivity index (χ0n) is 44.1. The van der Waals surface area contributed by atoms with Crippen molar-refractivity contribution in [1.82, 2.24) is 0 Å². The maximum Gasteiger partial charge on any atom is 0.306 e. The first-order valence-corrected chi connectivity index (χ1v) is 27.9. The second kappa shape index (κ2) is 55.7. The molecule has 1 atom stereocenters. The average molecular weight is 943 g/mol. The summed E-state index contributed by atoms with van der Waals surface area (Å²) < 4.78 is 16.8. The Morgan fingerprint density at radius 1 is 0.309 bits per heavy atom. The molecule has 0 bridgehead atoms. The predicted octanol–water partition coefficient (Wildman–Crippen LogP) is 18.7. The molecule has 0 aliphatic heterocycles. The van der Waals surface area contributed by atoms with E-state index in [2.05, 4.69) is 130 Å². The van der Waals surface area contributed by atoms with E-state index in [4.69, 9.17) is 14.2 Å². The summed E-state index contributed by atoms with van der Waals surface area (Å²) in [5.41, 5.74) is 0. The summed E-state index contributed by atoms with van der Waals surface area (Å²) >= 11 is 0. The smallest absolute Gasteiger partial charge is 0.306 e. The number of carbonyl (C=O) groups excluding carboxylic acids is 3. The van der Waals surface area contributed by atoms with Crippen LogP contribution in [0.3, 0.4) is 0 Å². The minimum Gasteiger partial charge on any atom is -0.462 e. The van der Waals surface area contributed by atoms with E-state index in [0.717, 1.165) is 128 Å². The van der Waals surface area contributed by atoms with Gasteiger partial charge in [0.05, 0.1) is 0 Å². The molecular formula is C62H102O6. The fraction of sp³-hybridized carbons (Fsp3) is 0.661. The molecule has 0 fully saturated rings. The van der Waals surface area contributed by atoms with Crippen molar-refractivity contribution in [2.75, 3.05) is 13.2 Å². The molecular weight excluding hydrogens is 841 g/mol. The second-order valence-electron chi connectivity index (χ2n) is 18.1. The highest BCUT2D eigenvalue weighted by Gasteiger charge is 2.19. The minimum atomic E-state index is -0.808. The van der Waals surface area contributed by atoms with Crippen LogP contribution in [0.1, 0.15) is 245 Å². The quantitative estimate of drug-likeness (QED) is 0.0262. The van der Waals surface area contributed by atoms with Gasteiger partial charge in [-0.3, -0.25) is 14.4 Å². The summed E-state index contributed by atoms with van der Waals surface area (Å²) in [5.74, 6) is -0.962. The lowest BCUT2D eigenvalue weighted by Gasteiger charge is -2.18. The summed E-state index contributed by atoms with van der Waals surface area (Å²) in [7, 11) is 0. The van der Waals surface area contributed by atoms with Gasteiger partial charge < -0.3 is 14.2 Å². The summed E-state index contributed by atoms with van der Waals surface area (Å²) in [4.78, 5) is 38.1. The third kappa shape index (κ3) is 53.0. The van der Waals surface area contributed by atoms with Crippen molar-refractivity contribution in [2.24, 2.45) is 0 Å². The molecule has 0 aliphatic carbocycles. The van der Waals surface area contributed by atoms with Crippen molar-refractivity contribution in [3.63, 3.8) is 0 Å². The Labute approximate surface area is 419 Å². The summed E-state index contributed by atoms with van der Waals surface area (Å²) in [6.45, 7) is 6.36. The summed E-state index contributed by atoms with van der Waals surface area (Å²) in [5, 5.41) is 0. The van der Waals surface area contributed by atoms with E-state index < -0.39 is 6.10 Å². The van der Waals surface area contributed by atoms with Crippen LogP contribution in [0, 0.1) is 0 Å². The summed E-state index contributed by atoms with van der Waals surface area (Å²) in [6.07, 6.45) is 75.0. The molecule has 0 aromatic carbocycles. The van der Waals surface area contributed by atoms with Crippen molar-refractivity contribution in [3.8, 4) is 0 Å². The molecule has 386 valence electrons. The molecule has 0 aliphatic rings. The Morgan fingerprint density at radius 2 is 0.574 bits per heavy atom. The Hall–Kier alpha value is -3.93. The van der Waals surface area contributed by atoms with Gasteiger partial charge in [-0.1, -0.05) is 233 Å². The second-order valence-corrected chi connectivity index (χ2v) is 18.1. The molecule has 0 aromatic heterocycles. The molecule has 1 unspecified atom stereocenters. The number of carbonyl (C=O) groups is 3. The first-order chi connectivity index (χ1) is 33.5. The maximum atomic E-state index is 12.8. The molecule has 6 heteroatoms. The molecule has 0 radical (unpaired) electrons. The lowest BCUT2D eigenvalue weighted by Crippen LogP contribution is -2.30. The number of rotatable bonds is 49. The molecule has 0 N–H and O–H groups in total. The van der Waals surface area contributed by atoms with Crippen molar-refractivity contribution in [1.29, 1.82) is 0 Å². The van der Waals surface area contributed by atoms with Crippen molar-refractivity contribution in [3.05, 3.63) is 109 Å². The van der Waals surface area contributed by atoms with Crippen molar-refractivity contribution in [2.45, 2.75) is 252 Å². The third-order valence-corrected chi connectivity index (χ3v) is 11.5. The molecule has 0 aromatic rings. The van der Waals surface area contributed by atoms with Gasteiger partial charge in [0.15, 0.2) is 6.10 Å². The average Bonchev–Trinajstić information content (AvgIpc) is 3.34. The molecule has 0 saturated carbocycles. The Bertz CT molecular complexity index is 1410. The van der Waals surface area contributed by atoms with Gasteiger partial charge in [-0.05, 0) is 103 Å². The van der Waals surface area contributed by atoms with Gasteiger partial charge in [0.1, 0.15) is 13.2 Å². The van der Waals surface area contributed by atoms with Gasteiger partial charge in [-0.15, -0.1) is 0 Å². The van der Waals surface area contributed by atoms with Gasteiger partial charge in [0.25, 0.3) is 0 Å². The molecule has 0 amide bonds. The van der Waals surface area contributed by atoms with Gasteiger partial charge in [0, 0.05) is 19.3 Å². The number of unbranched alkanes of at least 4 members (excludes halogenated alkanes) is 20. The zero-order valence-corrected chi connectivity index (χ0v) is 44.1. The van der Waals surface area contributed by atoms with Crippen LogP contribution in [0.2, 0.25) is 0 Å². The Morgan fingerprint density at radius 3 is 0.926 bits per heavy atom. The van der Waals surface area contributed by atoms with E-state index in [-0.39, 0.29) is 37.5 Å². The van der Waals surface area contributed by atoms with E-state index in [9.17, 15) is 14.4 Å². The van der Waals surface area contributed by atoms with Crippen LogP contribution < -0.4 is 0 Å². The highest BCUT2D eigenvalue weighted by atomic mass is 16.6. The van der Waals surface area contributed by atoms with Gasteiger partial charge in [-0.2, -0.15) is 0 Å². The predicted molar refractivity (Wildman–Crippen MR) is 293 cm³/mol. The zero-order chi connectivity index (χ0) is 49.3. The van der Waals surface area contributed by atoms with E-state index in [0.29, 0.717) is 19.3 Å². The molecule has 0 heterocycles. The first kappa shape index (κ1) is 64.1. The number of esters is 3. The Kier molecular flexibility index (Phi) is 52.4. The minimum absolute atomic E-state index is 0.101. The number of hydrogen-bond acceptors (Lipinski definition) is 6. The molecule has 0 rings (SSSR count). The molecule has 6 nitrogen and oxygen atoms in total. The van der Waals surface area contributed by atoms with E-state index >= 15 is 0 Å². The van der Waals surface area contributed by atoms with Crippen LogP contribution >= 0.6 is 0 Å². The van der Waals surface area contributed by atoms with Crippen molar-refractivity contribution >= 4 is 17.9 Å². The topological polar surface area (TPSA) is 78.9 Å². The third-order valence-electron chi connectivity index (χ3n) is 11.5. The molecule has 0 saturated heterocycles. The van der Waals surface area contributed by atoms with Crippen LogP contribution in [0.4, 0.5) is 0 Å². The summed E-state index contributed by atoms with van der Waals surface area (Å²) in [6, 6.07) is 0. The largest absolute Gasteiger partial charge is 0.462 e. The lowest BCUT2D eigenvalue weighted by molar-refractivity contribution is -0.167. The van der Waals surface area contributed by atoms with Gasteiger partial charge in [-0.25, -0.2) is 0 Å². The monoisotopic (exact) mass is 943 g/mol. The maximum absolute atomic E-state index is 12.8. The van der Waals surface area contributed by atoms with Crippen LogP contribution in [-0.4, -0.2) is 37.2 Å². The van der Waals surface area contributed by atoms with Crippen molar-refractivity contribution < 1.29 is 28.6 Å². The highest BCUT2D eigenvalue weighted by Crippen LogP contribution is 2.15. The van der Waals surface area contributed by atoms with Crippen LogP contribution in [0.25, 0.3) is 0 Å². The fourth-order valence-corrected chi connectivity index (χ4v) is 7.40. The number of allylic oxidation sites excluding steroid dienone is 18. The SMILES string of the molecule is CC/C=C\C/C=C\C/C=C\C/C=C\C/C=C\CCCCCCCC(=O)OCC(COC(=O)CCCCCCCCCCCCCCCC)OC(=O)CCCC/C=C\C/C=C\C/C=C\C/C=C\CC. The number of hydrogen-bond donors (Lipinski definition) is 0. The molecule has 0 spiro atoms. The van der Waals surface area contributed by atoms with E-state index in [1.54, 1.807) is 0 Å². The van der Waals surface area contributed by atoms with Crippen LogP contribution in [0.15, 0.2) is 109 Å². The molecule has 68 heavy (non-hydrogen) atoms. The normalized spacial score (nSPS) is 12.9.